The lowest BCUT2D eigenvalue weighted by Gasteiger charge is -2.34. The zero-order chi connectivity index (χ0) is 13.0. The van der Waals surface area contributed by atoms with E-state index >= 15 is 0 Å². The third-order valence-electron chi connectivity index (χ3n) is 3.79. The number of nitrogens with two attached hydrogens (primary N) is 3. The van der Waals surface area contributed by atoms with Crippen molar-refractivity contribution in [1.29, 1.82) is 0 Å². The SMILES string of the molecule is CCCCC(CCCN)(CCCN)CCCN. The summed E-state index contributed by atoms with van der Waals surface area (Å²) in [5.41, 5.74) is 17.5. The van der Waals surface area contributed by atoms with Gasteiger partial charge in [0.25, 0.3) is 0 Å². The first-order valence-corrected chi connectivity index (χ1v) is 7.35. The lowest BCUT2D eigenvalue weighted by molar-refractivity contribution is 0.182. The Morgan fingerprint density at radius 3 is 1.29 bits per heavy atom. The van der Waals surface area contributed by atoms with Crippen molar-refractivity contribution in [2.24, 2.45) is 22.6 Å². The van der Waals surface area contributed by atoms with Gasteiger partial charge in [0.2, 0.25) is 0 Å². The fourth-order valence-corrected chi connectivity index (χ4v) is 2.73. The maximum Gasteiger partial charge on any atom is -0.00771 e. The zero-order valence-corrected chi connectivity index (χ0v) is 11.7. The van der Waals surface area contributed by atoms with E-state index in [-0.39, 0.29) is 0 Å². The third kappa shape index (κ3) is 7.74. The third-order valence-corrected chi connectivity index (χ3v) is 3.79. The van der Waals surface area contributed by atoms with E-state index in [1.54, 1.807) is 0 Å². The number of unbranched alkanes of at least 4 members (excludes halogenated alkanes) is 1. The van der Waals surface area contributed by atoms with Crippen LogP contribution in [-0.4, -0.2) is 19.6 Å². The average Bonchev–Trinajstić information content (AvgIpc) is 2.37. The average molecular weight is 243 g/mol. The van der Waals surface area contributed by atoms with Crippen molar-refractivity contribution >= 4 is 0 Å². The van der Waals surface area contributed by atoms with Crippen molar-refractivity contribution < 1.29 is 0 Å². The standard InChI is InChI=1S/C14H33N3/c1-2-3-7-14(8-4-11-15,9-5-12-16)10-6-13-17/h2-13,15-17H2,1H3. The fraction of sp³-hybridized carbons (Fsp3) is 1.00. The highest BCUT2D eigenvalue weighted by Crippen LogP contribution is 2.39. The quantitative estimate of drug-likeness (QED) is 0.492. The molecule has 17 heavy (non-hydrogen) atoms. The van der Waals surface area contributed by atoms with Crippen LogP contribution in [0.3, 0.4) is 0 Å². The van der Waals surface area contributed by atoms with Crippen molar-refractivity contribution in [2.75, 3.05) is 19.6 Å². The Bertz CT molecular complexity index is 122. The lowest BCUT2D eigenvalue weighted by atomic mass is 9.72. The van der Waals surface area contributed by atoms with Gasteiger partial charge in [-0.15, -0.1) is 0 Å². The second-order valence-corrected chi connectivity index (χ2v) is 5.28. The first-order valence-electron chi connectivity index (χ1n) is 7.35. The molecule has 0 aliphatic rings. The Hall–Kier alpha value is -0.120. The second kappa shape index (κ2) is 11.0. The van der Waals surface area contributed by atoms with Gasteiger partial charge in [-0.1, -0.05) is 19.8 Å². The van der Waals surface area contributed by atoms with E-state index in [9.17, 15) is 0 Å². The highest BCUT2D eigenvalue weighted by atomic mass is 14.5. The molecule has 0 bridgehead atoms. The first kappa shape index (κ1) is 16.9. The predicted octanol–water partition coefficient (Wildman–Crippen LogP) is 2.38. The van der Waals surface area contributed by atoms with Crippen molar-refractivity contribution in [3.05, 3.63) is 0 Å². The van der Waals surface area contributed by atoms with Crippen LogP contribution in [0, 0.1) is 5.41 Å². The van der Waals surface area contributed by atoms with Crippen LogP contribution >= 0.6 is 0 Å². The van der Waals surface area contributed by atoms with Gasteiger partial charge in [-0.05, 0) is 70.0 Å². The molecule has 0 aliphatic heterocycles. The van der Waals surface area contributed by atoms with E-state index in [2.05, 4.69) is 6.92 Å². The molecule has 0 saturated carbocycles. The topological polar surface area (TPSA) is 78.1 Å². The molecule has 0 spiro atoms. The van der Waals surface area contributed by atoms with Crippen molar-refractivity contribution in [2.45, 2.75) is 64.7 Å². The zero-order valence-electron chi connectivity index (χ0n) is 11.7. The molecule has 0 unspecified atom stereocenters. The van der Waals surface area contributed by atoms with E-state index in [0.29, 0.717) is 5.41 Å². The summed E-state index contributed by atoms with van der Waals surface area (Å²) in [4.78, 5) is 0. The Labute approximate surface area is 108 Å². The number of rotatable bonds is 12. The van der Waals surface area contributed by atoms with Crippen LogP contribution in [0.5, 0.6) is 0 Å². The molecular weight excluding hydrogens is 210 g/mol. The Balaban J connectivity index is 4.39. The van der Waals surface area contributed by atoms with E-state index in [4.69, 9.17) is 17.2 Å². The Morgan fingerprint density at radius 1 is 0.647 bits per heavy atom. The molecule has 0 aromatic carbocycles. The molecule has 0 amide bonds. The molecule has 0 aliphatic carbocycles. The molecule has 3 heteroatoms. The minimum absolute atomic E-state index is 0.466. The molecule has 6 N–H and O–H groups in total. The monoisotopic (exact) mass is 243 g/mol. The Kier molecular flexibility index (Phi) is 10.9. The van der Waals surface area contributed by atoms with Gasteiger partial charge in [0.15, 0.2) is 0 Å². The largest absolute Gasteiger partial charge is 0.330 e. The molecule has 0 radical (unpaired) electrons. The molecule has 3 nitrogen and oxygen atoms in total. The van der Waals surface area contributed by atoms with Crippen molar-refractivity contribution in [3.8, 4) is 0 Å². The molecule has 0 aromatic heterocycles. The number of hydrogen-bond acceptors (Lipinski definition) is 3. The van der Waals surface area contributed by atoms with E-state index < -0.39 is 0 Å². The highest BCUT2D eigenvalue weighted by Gasteiger charge is 2.27. The van der Waals surface area contributed by atoms with Gasteiger partial charge in [0, 0.05) is 0 Å². The first-order chi connectivity index (χ1) is 8.24. The van der Waals surface area contributed by atoms with Crippen LogP contribution in [-0.2, 0) is 0 Å². The minimum atomic E-state index is 0.466. The normalized spacial score (nSPS) is 12.0. The van der Waals surface area contributed by atoms with Crippen LogP contribution in [0.15, 0.2) is 0 Å². The molecule has 0 saturated heterocycles. The highest BCUT2D eigenvalue weighted by molar-refractivity contribution is 4.80. The molecule has 0 atom stereocenters. The van der Waals surface area contributed by atoms with Crippen molar-refractivity contribution in [1.82, 2.24) is 0 Å². The lowest BCUT2D eigenvalue weighted by Crippen LogP contribution is -2.25. The maximum absolute atomic E-state index is 5.67. The summed E-state index contributed by atoms with van der Waals surface area (Å²) in [5.74, 6) is 0. The van der Waals surface area contributed by atoms with Gasteiger partial charge in [0.1, 0.15) is 0 Å². The smallest absolute Gasteiger partial charge is 0.00771 e. The van der Waals surface area contributed by atoms with Gasteiger partial charge >= 0.3 is 0 Å². The van der Waals surface area contributed by atoms with Gasteiger partial charge in [-0.3, -0.25) is 0 Å². The number of hydrogen-bond donors (Lipinski definition) is 3. The van der Waals surface area contributed by atoms with E-state index in [1.807, 2.05) is 0 Å². The van der Waals surface area contributed by atoms with Crippen molar-refractivity contribution in [3.63, 3.8) is 0 Å². The summed E-state index contributed by atoms with van der Waals surface area (Å²) in [6.07, 6.45) is 11.1. The summed E-state index contributed by atoms with van der Waals surface area (Å²) in [7, 11) is 0. The maximum atomic E-state index is 5.67. The molecule has 0 aromatic rings. The summed E-state index contributed by atoms with van der Waals surface area (Å²) in [6, 6.07) is 0. The second-order valence-electron chi connectivity index (χ2n) is 5.28. The summed E-state index contributed by atoms with van der Waals surface area (Å²) < 4.78 is 0. The van der Waals surface area contributed by atoms with Crippen LogP contribution < -0.4 is 17.2 Å². The summed E-state index contributed by atoms with van der Waals surface area (Å²) >= 11 is 0. The molecule has 104 valence electrons. The van der Waals surface area contributed by atoms with Crippen LogP contribution in [0.2, 0.25) is 0 Å². The molecular formula is C14H33N3. The summed E-state index contributed by atoms with van der Waals surface area (Å²) in [6.45, 7) is 4.68. The van der Waals surface area contributed by atoms with Gasteiger partial charge in [0.05, 0.1) is 0 Å². The van der Waals surface area contributed by atoms with Crippen LogP contribution in [0.25, 0.3) is 0 Å². The predicted molar refractivity (Wildman–Crippen MR) is 76.8 cm³/mol. The van der Waals surface area contributed by atoms with Gasteiger partial charge in [-0.2, -0.15) is 0 Å². The summed E-state index contributed by atoms with van der Waals surface area (Å²) in [5, 5.41) is 0. The molecule has 0 fully saturated rings. The van der Waals surface area contributed by atoms with Gasteiger partial charge < -0.3 is 17.2 Å². The Morgan fingerprint density at radius 2 is 1.00 bits per heavy atom. The fourth-order valence-electron chi connectivity index (χ4n) is 2.73. The van der Waals surface area contributed by atoms with Gasteiger partial charge in [-0.25, -0.2) is 0 Å². The van der Waals surface area contributed by atoms with E-state index in [0.717, 1.165) is 38.9 Å². The minimum Gasteiger partial charge on any atom is -0.330 e. The van der Waals surface area contributed by atoms with Crippen LogP contribution in [0.4, 0.5) is 0 Å². The molecule has 0 rings (SSSR count). The van der Waals surface area contributed by atoms with Crippen LogP contribution in [0.1, 0.15) is 64.7 Å². The molecule has 0 heterocycles. The van der Waals surface area contributed by atoms with E-state index in [1.165, 1.54) is 38.5 Å².